The van der Waals surface area contributed by atoms with Gasteiger partial charge in [-0.3, -0.25) is 9.78 Å². The quantitative estimate of drug-likeness (QED) is 0.439. The van der Waals surface area contributed by atoms with Gasteiger partial charge in [-0.05, 0) is 50.6 Å². The minimum atomic E-state index is 0.154. The van der Waals surface area contributed by atoms with E-state index in [0.717, 1.165) is 36.6 Å². The van der Waals surface area contributed by atoms with Crippen molar-refractivity contribution in [2.45, 2.75) is 40.3 Å². The summed E-state index contributed by atoms with van der Waals surface area (Å²) in [6.07, 6.45) is 2.21. The first-order valence-electron chi connectivity index (χ1n) is 10.6. The lowest BCUT2D eigenvalue weighted by Gasteiger charge is -2.19. The lowest BCUT2D eigenvalue weighted by Crippen LogP contribution is -2.40. The number of guanidine groups is 1. The molecule has 0 saturated heterocycles. The highest BCUT2D eigenvalue weighted by Gasteiger charge is 2.09. The van der Waals surface area contributed by atoms with Gasteiger partial charge in [0.25, 0.3) is 0 Å². The number of nitrogens with one attached hydrogen (secondary N) is 2. The number of carbonyl (C=O) groups is 1. The smallest absolute Gasteiger partial charge is 0.224 e. The van der Waals surface area contributed by atoms with Gasteiger partial charge in [-0.1, -0.05) is 18.2 Å². The minimum absolute atomic E-state index is 0.154. The molecule has 0 fully saturated rings. The van der Waals surface area contributed by atoms with Crippen LogP contribution in [0.4, 0.5) is 0 Å². The van der Waals surface area contributed by atoms with Crippen molar-refractivity contribution in [2.24, 2.45) is 4.99 Å². The molecule has 0 aliphatic carbocycles. The maximum atomic E-state index is 12.1. The molecule has 0 radical (unpaired) electrons. The van der Waals surface area contributed by atoms with Crippen molar-refractivity contribution in [3.63, 3.8) is 0 Å². The van der Waals surface area contributed by atoms with Gasteiger partial charge in [0, 0.05) is 38.8 Å². The van der Waals surface area contributed by atoms with Crippen LogP contribution in [0.2, 0.25) is 0 Å². The Hall–Kier alpha value is -3.09. The van der Waals surface area contributed by atoms with Crippen molar-refractivity contribution in [1.82, 2.24) is 20.5 Å². The topological polar surface area (TPSA) is 78.9 Å². The molecule has 0 unspecified atom stereocenters. The zero-order chi connectivity index (χ0) is 21.6. The van der Waals surface area contributed by atoms with Crippen LogP contribution in [-0.4, -0.2) is 47.9 Å². The highest BCUT2D eigenvalue weighted by molar-refractivity contribution is 5.81. The first-order valence-corrected chi connectivity index (χ1v) is 10.6. The van der Waals surface area contributed by atoms with Gasteiger partial charge in [0.2, 0.25) is 5.91 Å². The molecule has 0 aliphatic rings. The number of pyridine rings is 1. The molecular weight excluding hydrogens is 378 g/mol. The van der Waals surface area contributed by atoms with E-state index in [-0.39, 0.29) is 5.91 Å². The molecule has 2 rings (SSSR count). The van der Waals surface area contributed by atoms with Crippen LogP contribution in [-0.2, 0) is 17.9 Å². The van der Waals surface area contributed by atoms with Crippen LogP contribution in [0.15, 0.2) is 53.7 Å². The molecule has 0 aliphatic heterocycles. The van der Waals surface area contributed by atoms with Gasteiger partial charge < -0.3 is 20.3 Å². The molecule has 7 nitrogen and oxygen atoms in total. The molecule has 0 spiro atoms. The standard InChI is InChI=1S/C23H33N5O2/c1-4-24-23(26-15-13-22(29)28(5-2)6-3)27-17-19-10-9-12-21(16-19)30-18-20-11-7-8-14-25-20/h7-12,14,16H,4-6,13,15,17-18H2,1-3H3,(H2,24,26,27). The molecule has 0 saturated carbocycles. The van der Waals surface area contributed by atoms with E-state index in [1.807, 2.05) is 68.1 Å². The van der Waals surface area contributed by atoms with E-state index in [4.69, 9.17) is 4.74 Å². The summed E-state index contributed by atoms with van der Waals surface area (Å²) in [4.78, 5) is 22.9. The SMILES string of the molecule is CCNC(=NCc1cccc(OCc2ccccn2)c1)NCCC(=O)N(CC)CC. The van der Waals surface area contributed by atoms with Crippen LogP contribution >= 0.6 is 0 Å². The van der Waals surface area contributed by atoms with Gasteiger partial charge >= 0.3 is 0 Å². The Morgan fingerprint density at radius 3 is 2.63 bits per heavy atom. The average Bonchev–Trinajstić information content (AvgIpc) is 2.78. The van der Waals surface area contributed by atoms with E-state index in [9.17, 15) is 4.79 Å². The Morgan fingerprint density at radius 1 is 1.10 bits per heavy atom. The molecule has 1 aromatic heterocycles. The van der Waals surface area contributed by atoms with E-state index in [2.05, 4.69) is 20.6 Å². The molecule has 30 heavy (non-hydrogen) atoms. The number of ether oxygens (including phenoxy) is 1. The predicted molar refractivity (Wildman–Crippen MR) is 120 cm³/mol. The van der Waals surface area contributed by atoms with Crippen LogP contribution in [0.3, 0.4) is 0 Å². The van der Waals surface area contributed by atoms with Crippen molar-refractivity contribution in [3.05, 3.63) is 59.9 Å². The number of rotatable bonds is 11. The summed E-state index contributed by atoms with van der Waals surface area (Å²) < 4.78 is 5.84. The van der Waals surface area contributed by atoms with Gasteiger partial charge in [0.15, 0.2) is 5.96 Å². The summed E-state index contributed by atoms with van der Waals surface area (Å²) in [5.41, 5.74) is 1.93. The molecule has 7 heteroatoms. The summed E-state index contributed by atoms with van der Waals surface area (Å²) in [5.74, 6) is 1.64. The molecule has 2 N–H and O–H groups in total. The van der Waals surface area contributed by atoms with E-state index < -0.39 is 0 Å². The molecule has 1 amide bonds. The van der Waals surface area contributed by atoms with Crippen molar-refractivity contribution in [3.8, 4) is 5.75 Å². The van der Waals surface area contributed by atoms with Crippen LogP contribution in [0.25, 0.3) is 0 Å². The third-order valence-electron chi connectivity index (χ3n) is 4.52. The van der Waals surface area contributed by atoms with Crippen LogP contribution < -0.4 is 15.4 Å². The molecule has 0 atom stereocenters. The predicted octanol–water partition coefficient (Wildman–Crippen LogP) is 2.97. The van der Waals surface area contributed by atoms with Gasteiger partial charge in [-0.2, -0.15) is 0 Å². The second-order valence-corrected chi connectivity index (χ2v) is 6.70. The molecule has 2 aromatic rings. The molecular formula is C23H33N5O2. The van der Waals surface area contributed by atoms with E-state index in [1.165, 1.54) is 0 Å². The highest BCUT2D eigenvalue weighted by Crippen LogP contribution is 2.15. The van der Waals surface area contributed by atoms with Crippen LogP contribution in [0, 0.1) is 0 Å². The Balaban J connectivity index is 1.88. The third-order valence-corrected chi connectivity index (χ3v) is 4.52. The number of amides is 1. The Labute approximate surface area is 179 Å². The van der Waals surface area contributed by atoms with E-state index in [1.54, 1.807) is 6.20 Å². The fraction of sp³-hybridized carbons (Fsp3) is 0.435. The maximum absolute atomic E-state index is 12.1. The Kier molecular flexibility index (Phi) is 10.2. The summed E-state index contributed by atoms with van der Waals surface area (Å²) in [5, 5.41) is 6.46. The van der Waals surface area contributed by atoms with Crippen molar-refractivity contribution >= 4 is 11.9 Å². The first kappa shape index (κ1) is 23.2. The Bertz CT molecular complexity index is 791. The lowest BCUT2D eigenvalue weighted by atomic mass is 10.2. The number of hydrogen-bond acceptors (Lipinski definition) is 4. The zero-order valence-corrected chi connectivity index (χ0v) is 18.2. The van der Waals surface area contributed by atoms with Crippen molar-refractivity contribution in [1.29, 1.82) is 0 Å². The van der Waals surface area contributed by atoms with E-state index >= 15 is 0 Å². The van der Waals surface area contributed by atoms with Gasteiger partial charge in [-0.25, -0.2) is 4.99 Å². The van der Waals surface area contributed by atoms with Gasteiger partial charge in [0.1, 0.15) is 12.4 Å². The summed E-state index contributed by atoms with van der Waals surface area (Å²) in [7, 11) is 0. The number of nitrogens with zero attached hydrogens (tertiary/aromatic N) is 3. The fourth-order valence-corrected chi connectivity index (χ4v) is 2.91. The number of aromatic nitrogens is 1. The fourth-order valence-electron chi connectivity index (χ4n) is 2.91. The van der Waals surface area contributed by atoms with Gasteiger partial charge in [0.05, 0.1) is 12.2 Å². The summed E-state index contributed by atoms with van der Waals surface area (Å²) in [6.45, 7) is 9.73. The minimum Gasteiger partial charge on any atom is -0.487 e. The van der Waals surface area contributed by atoms with Crippen LogP contribution in [0.5, 0.6) is 5.75 Å². The van der Waals surface area contributed by atoms with Crippen molar-refractivity contribution < 1.29 is 9.53 Å². The normalized spacial score (nSPS) is 11.1. The molecule has 162 valence electrons. The van der Waals surface area contributed by atoms with Gasteiger partial charge in [-0.15, -0.1) is 0 Å². The number of aliphatic imine (C=N–C) groups is 1. The first-order chi connectivity index (χ1) is 14.7. The highest BCUT2D eigenvalue weighted by atomic mass is 16.5. The number of hydrogen-bond donors (Lipinski definition) is 2. The second kappa shape index (κ2) is 13.2. The summed E-state index contributed by atoms with van der Waals surface area (Å²) in [6, 6.07) is 13.7. The average molecular weight is 412 g/mol. The van der Waals surface area contributed by atoms with Crippen molar-refractivity contribution in [2.75, 3.05) is 26.2 Å². The molecule has 1 aromatic carbocycles. The Morgan fingerprint density at radius 2 is 1.93 bits per heavy atom. The third kappa shape index (κ3) is 8.11. The van der Waals surface area contributed by atoms with E-state index in [0.29, 0.717) is 32.1 Å². The lowest BCUT2D eigenvalue weighted by molar-refractivity contribution is -0.130. The second-order valence-electron chi connectivity index (χ2n) is 6.70. The largest absolute Gasteiger partial charge is 0.487 e. The molecule has 1 heterocycles. The number of carbonyl (C=O) groups excluding carboxylic acids is 1. The monoisotopic (exact) mass is 411 g/mol. The van der Waals surface area contributed by atoms with Crippen LogP contribution in [0.1, 0.15) is 38.4 Å². The molecule has 0 bridgehead atoms. The summed E-state index contributed by atoms with van der Waals surface area (Å²) >= 11 is 0. The maximum Gasteiger partial charge on any atom is 0.224 e. The zero-order valence-electron chi connectivity index (χ0n) is 18.2. The number of benzene rings is 1.